The Morgan fingerprint density at radius 2 is 2.00 bits per heavy atom. The van der Waals surface area contributed by atoms with E-state index in [2.05, 4.69) is 47.6 Å². The molecule has 12 heteroatoms. The first-order chi connectivity index (χ1) is 16.4. The van der Waals surface area contributed by atoms with Gasteiger partial charge in [0, 0.05) is 12.6 Å². The molecule has 0 unspecified atom stereocenters. The lowest BCUT2D eigenvalue weighted by molar-refractivity contribution is -0.111. The number of hydrazine groups is 1. The molecule has 0 saturated heterocycles. The first-order valence-electron chi connectivity index (χ1n) is 10.8. The standard InChI is InChI=1S/C22H28N10O2/c1-6-20(33)26-16-10-17(19(34-5)11-15(16)23-8-7-9-30(3)4)29-32-18-12-31(28-14(18)2)21-24-13-25-22(32)27-21/h6,10-13,23,29H,1,7-9H2,2-5H3,(H,26,33). The third-order valence-corrected chi connectivity index (χ3v) is 5.18. The van der Waals surface area contributed by atoms with Crippen LogP contribution in [-0.4, -0.2) is 69.8 Å². The predicted octanol–water partition coefficient (Wildman–Crippen LogP) is 2.34. The summed E-state index contributed by atoms with van der Waals surface area (Å²) in [6.07, 6.45) is 5.41. The molecule has 1 amide bonds. The van der Waals surface area contributed by atoms with Crippen LogP contribution in [0, 0.1) is 6.92 Å². The lowest BCUT2D eigenvalue weighted by atomic mass is 10.2. The molecule has 0 atom stereocenters. The number of benzene rings is 1. The van der Waals surface area contributed by atoms with Gasteiger partial charge < -0.3 is 20.3 Å². The van der Waals surface area contributed by atoms with Crippen LogP contribution in [0.5, 0.6) is 5.75 Å². The summed E-state index contributed by atoms with van der Waals surface area (Å²) in [6.45, 7) is 7.11. The highest BCUT2D eigenvalue weighted by Crippen LogP contribution is 2.38. The lowest BCUT2D eigenvalue weighted by Crippen LogP contribution is -2.27. The second-order valence-electron chi connectivity index (χ2n) is 7.95. The molecule has 4 bridgehead atoms. The molecule has 0 saturated carbocycles. The molecule has 3 heterocycles. The van der Waals surface area contributed by atoms with Crippen LogP contribution >= 0.6 is 0 Å². The SMILES string of the molecule is C=CC(=O)Nc1cc(NN2c3ncnc(n3)-n3cc2c(C)n3)c(OC)cc1NCCCN(C)C. The Bertz CT molecular complexity index is 1210. The van der Waals surface area contributed by atoms with Gasteiger partial charge in [0.25, 0.3) is 11.9 Å². The van der Waals surface area contributed by atoms with E-state index in [0.717, 1.165) is 36.6 Å². The van der Waals surface area contributed by atoms with Gasteiger partial charge in [0.1, 0.15) is 17.8 Å². The molecule has 0 spiro atoms. The quantitative estimate of drug-likeness (QED) is 0.304. The van der Waals surface area contributed by atoms with Gasteiger partial charge in [-0.1, -0.05) is 6.58 Å². The first-order valence-corrected chi connectivity index (χ1v) is 10.8. The second-order valence-corrected chi connectivity index (χ2v) is 7.95. The van der Waals surface area contributed by atoms with Crippen LogP contribution in [0.4, 0.5) is 28.7 Å². The minimum atomic E-state index is -0.318. The summed E-state index contributed by atoms with van der Waals surface area (Å²) in [7, 11) is 5.65. The van der Waals surface area contributed by atoms with E-state index in [1.54, 1.807) is 22.9 Å². The molecule has 0 radical (unpaired) electrons. The molecule has 34 heavy (non-hydrogen) atoms. The van der Waals surface area contributed by atoms with E-state index < -0.39 is 0 Å². The second kappa shape index (κ2) is 9.75. The molecule has 2 aromatic heterocycles. The fourth-order valence-corrected chi connectivity index (χ4v) is 3.50. The van der Waals surface area contributed by atoms with E-state index in [1.807, 2.05) is 33.3 Å². The number of methoxy groups -OCH3 is 1. The Morgan fingerprint density at radius 3 is 2.74 bits per heavy atom. The number of rotatable bonds is 10. The molecule has 0 fully saturated rings. The van der Waals surface area contributed by atoms with Crippen molar-refractivity contribution in [3.63, 3.8) is 0 Å². The van der Waals surface area contributed by atoms with E-state index in [1.165, 1.54) is 12.4 Å². The van der Waals surface area contributed by atoms with Gasteiger partial charge in [-0.15, -0.1) is 0 Å². The van der Waals surface area contributed by atoms with Crippen molar-refractivity contribution in [2.24, 2.45) is 0 Å². The highest BCUT2D eigenvalue weighted by Gasteiger charge is 2.25. The van der Waals surface area contributed by atoms with Gasteiger partial charge in [-0.3, -0.25) is 10.2 Å². The van der Waals surface area contributed by atoms with Crippen molar-refractivity contribution in [1.82, 2.24) is 29.6 Å². The Kier molecular flexibility index (Phi) is 6.59. The monoisotopic (exact) mass is 464 g/mol. The molecular formula is C22H28N10O2. The lowest BCUT2D eigenvalue weighted by Gasteiger charge is -2.25. The predicted molar refractivity (Wildman–Crippen MR) is 131 cm³/mol. The van der Waals surface area contributed by atoms with E-state index in [-0.39, 0.29) is 5.91 Å². The number of anilines is 5. The van der Waals surface area contributed by atoms with Crippen LogP contribution in [0.25, 0.3) is 5.95 Å². The number of aryl methyl sites for hydroxylation is 1. The molecule has 3 N–H and O–H groups in total. The molecule has 1 aliphatic heterocycles. The van der Waals surface area contributed by atoms with Crippen molar-refractivity contribution in [2.45, 2.75) is 13.3 Å². The van der Waals surface area contributed by atoms with Crippen LogP contribution in [-0.2, 0) is 4.79 Å². The van der Waals surface area contributed by atoms with E-state index in [9.17, 15) is 4.79 Å². The fraction of sp³-hybridized carbons (Fsp3) is 0.318. The number of fused-ring (bicyclic) bond motifs is 5. The average Bonchev–Trinajstić information content (AvgIpc) is 3.18. The van der Waals surface area contributed by atoms with Gasteiger partial charge in [-0.05, 0) is 46.1 Å². The summed E-state index contributed by atoms with van der Waals surface area (Å²) >= 11 is 0. The van der Waals surface area contributed by atoms with Crippen LogP contribution in [0.3, 0.4) is 0 Å². The summed E-state index contributed by atoms with van der Waals surface area (Å²) < 4.78 is 7.27. The zero-order valence-corrected chi connectivity index (χ0v) is 19.7. The minimum Gasteiger partial charge on any atom is -0.494 e. The molecule has 12 nitrogen and oxygen atoms in total. The number of carbonyl (C=O) groups excluding carboxylic acids is 1. The molecule has 1 aromatic carbocycles. The van der Waals surface area contributed by atoms with Crippen molar-refractivity contribution in [1.29, 1.82) is 0 Å². The maximum atomic E-state index is 12.1. The van der Waals surface area contributed by atoms with Gasteiger partial charge in [0.05, 0.1) is 36.1 Å². The average molecular weight is 465 g/mol. The number of hydrogen-bond acceptors (Lipinski definition) is 10. The fourth-order valence-electron chi connectivity index (χ4n) is 3.50. The number of hydrogen-bond donors (Lipinski definition) is 3. The van der Waals surface area contributed by atoms with Crippen LogP contribution < -0.4 is 25.8 Å². The number of ether oxygens (including phenoxy) is 1. The summed E-state index contributed by atoms with van der Waals surface area (Å²) in [5, 5.41) is 12.4. The third-order valence-electron chi connectivity index (χ3n) is 5.18. The normalized spacial score (nSPS) is 11.7. The largest absolute Gasteiger partial charge is 0.494 e. The number of nitrogens with zero attached hydrogens (tertiary/aromatic N) is 7. The first kappa shape index (κ1) is 23.0. The zero-order valence-electron chi connectivity index (χ0n) is 19.7. The van der Waals surface area contributed by atoms with Crippen LogP contribution in [0.15, 0.2) is 37.3 Å². The maximum Gasteiger partial charge on any atom is 0.255 e. The maximum absolute atomic E-state index is 12.1. The van der Waals surface area contributed by atoms with Gasteiger partial charge in [-0.2, -0.15) is 20.1 Å². The number of carbonyl (C=O) groups is 1. The summed E-state index contributed by atoms with van der Waals surface area (Å²) in [5.74, 6) is 1.07. The van der Waals surface area contributed by atoms with Crippen molar-refractivity contribution >= 4 is 34.6 Å². The Morgan fingerprint density at radius 1 is 1.21 bits per heavy atom. The summed E-state index contributed by atoms with van der Waals surface area (Å²) in [6, 6.07) is 3.63. The summed E-state index contributed by atoms with van der Waals surface area (Å²) in [4.78, 5) is 27.2. The van der Waals surface area contributed by atoms with Gasteiger partial charge in [0.2, 0.25) is 5.91 Å². The van der Waals surface area contributed by atoms with Crippen LogP contribution in [0.2, 0.25) is 0 Å². The topological polar surface area (TPSA) is 125 Å². The van der Waals surface area contributed by atoms with Crippen molar-refractivity contribution < 1.29 is 9.53 Å². The molecule has 4 rings (SSSR count). The van der Waals surface area contributed by atoms with Crippen LogP contribution in [0.1, 0.15) is 12.1 Å². The highest BCUT2D eigenvalue weighted by molar-refractivity contribution is 6.02. The van der Waals surface area contributed by atoms with E-state index >= 15 is 0 Å². The van der Waals surface area contributed by atoms with Crippen molar-refractivity contribution in [3.05, 3.63) is 43.0 Å². The number of nitrogens with one attached hydrogen (secondary N) is 3. The Labute approximate surface area is 197 Å². The van der Waals surface area contributed by atoms with E-state index in [4.69, 9.17) is 4.74 Å². The summed E-state index contributed by atoms with van der Waals surface area (Å²) in [5.41, 5.74) is 6.75. The van der Waals surface area contributed by atoms with E-state index in [0.29, 0.717) is 29.0 Å². The smallest absolute Gasteiger partial charge is 0.255 e. The number of aromatic nitrogens is 5. The van der Waals surface area contributed by atoms with Crippen molar-refractivity contribution in [3.8, 4) is 11.7 Å². The Hall–Kier alpha value is -4.19. The van der Waals surface area contributed by atoms with Crippen molar-refractivity contribution in [2.75, 3.05) is 55.4 Å². The molecule has 0 aliphatic carbocycles. The van der Waals surface area contributed by atoms with Gasteiger partial charge in [0.15, 0.2) is 0 Å². The highest BCUT2D eigenvalue weighted by atomic mass is 16.5. The third kappa shape index (κ3) is 4.76. The molecule has 178 valence electrons. The van der Waals surface area contributed by atoms with Gasteiger partial charge in [-0.25, -0.2) is 9.69 Å². The van der Waals surface area contributed by atoms with Gasteiger partial charge >= 0.3 is 0 Å². The molecular weight excluding hydrogens is 436 g/mol. The Balaban J connectivity index is 1.68. The molecule has 3 aromatic rings. The zero-order chi connectivity index (χ0) is 24.2. The number of amides is 1. The minimum absolute atomic E-state index is 0.318. The molecule has 1 aliphatic rings.